The molecule has 2 unspecified atom stereocenters. The van der Waals surface area contributed by atoms with Crippen LogP contribution >= 0.6 is 11.8 Å². The molecule has 74 valence electrons. The second-order valence-corrected chi connectivity index (χ2v) is 5.09. The van der Waals surface area contributed by atoms with Gasteiger partial charge in [0.05, 0.1) is 0 Å². The molecule has 0 amide bonds. The van der Waals surface area contributed by atoms with Crippen LogP contribution in [0.3, 0.4) is 0 Å². The van der Waals surface area contributed by atoms with E-state index in [4.69, 9.17) is 5.73 Å². The second-order valence-electron chi connectivity index (χ2n) is 3.62. The molecule has 1 nitrogen and oxygen atoms in total. The van der Waals surface area contributed by atoms with Gasteiger partial charge in [-0.25, -0.2) is 0 Å². The first-order valence-corrected chi connectivity index (χ1v) is 6.07. The standard InChI is InChI=1S/C10H23NS/c1-4-5-9(2)8-12-10(3)6-7-11/h9-10H,4-8,11H2,1-3H3. The van der Waals surface area contributed by atoms with Gasteiger partial charge in [0.15, 0.2) is 0 Å². The van der Waals surface area contributed by atoms with Crippen molar-refractivity contribution in [2.24, 2.45) is 11.7 Å². The van der Waals surface area contributed by atoms with Gasteiger partial charge in [-0.3, -0.25) is 0 Å². The number of rotatable bonds is 7. The highest BCUT2D eigenvalue weighted by Gasteiger charge is 2.05. The largest absolute Gasteiger partial charge is 0.330 e. The third-order valence-corrected chi connectivity index (χ3v) is 3.59. The summed E-state index contributed by atoms with van der Waals surface area (Å²) in [5.41, 5.74) is 5.48. The van der Waals surface area contributed by atoms with Crippen molar-refractivity contribution in [2.75, 3.05) is 12.3 Å². The average molecular weight is 189 g/mol. The average Bonchev–Trinajstić information content (AvgIpc) is 2.02. The topological polar surface area (TPSA) is 26.0 Å². The highest BCUT2D eigenvalue weighted by atomic mass is 32.2. The summed E-state index contributed by atoms with van der Waals surface area (Å²) in [5, 5.41) is 0.745. The van der Waals surface area contributed by atoms with E-state index in [0.29, 0.717) is 0 Å². The van der Waals surface area contributed by atoms with E-state index >= 15 is 0 Å². The maximum absolute atomic E-state index is 5.48. The molecule has 0 spiro atoms. The normalized spacial score (nSPS) is 16.0. The molecule has 0 aromatic carbocycles. The Morgan fingerprint density at radius 1 is 1.25 bits per heavy atom. The van der Waals surface area contributed by atoms with Gasteiger partial charge in [-0.2, -0.15) is 11.8 Å². The Hall–Kier alpha value is 0.310. The van der Waals surface area contributed by atoms with E-state index in [0.717, 1.165) is 24.1 Å². The Morgan fingerprint density at radius 2 is 1.92 bits per heavy atom. The van der Waals surface area contributed by atoms with Crippen molar-refractivity contribution in [3.63, 3.8) is 0 Å². The number of hydrogen-bond donors (Lipinski definition) is 1. The Bertz CT molecular complexity index is 83.8. The van der Waals surface area contributed by atoms with Crippen LogP contribution in [0.4, 0.5) is 0 Å². The Labute approximate surface area is 81.5 Å². The van der Waals surface area contributed by atoms with E-state index in [1.54, 1.807) is 0 Å². The summed E-state index contributed by atoms with van der Waals surface area (Å²) in [7, 11) is 0. The molecule has 0 aliphatic rings. The number of nitrogens with two attached hydrogens (primary N) is 1. The van der Waals surface area contributed by atoms with Crippen molar-refractivity contribution >= 4 is 11.8 Å². The fraction of sp³-hybridized carbons (Fsp3) is 1.00. The van der Waals surface area contributed by atoms with Crippen LogP contribution in [0, 0.1) is 5.92 Å². The molecule has 2 atom stereocenters. The van der Waals surface area contributed by atoms with Gasteiger partial charge in [-0.05, 0) is 24.6 Å². The Balaban J connectivity index is 3.27. The van der Waals surface area contributed by atoms with Crippen molar-refractivity contribution in [1.82, 2.24) is 0 Å². The highest BCUT2D eigenvalue weighted by Crippen LogP contribution is 2.19. The van der Waals surface area contributed by atoms with Gasteiger partial charge in [0, 0.05) is 5.25 Å². The first kappa shape index (κ1) is 12.3. The third kappa shape index (κ3) is 6.99. The van der Waals surface area contributed by atoms with Crippen molar-refractivity contribution in [3.8, 4) is 0 Å². The summed E-state index contributed by atoms with van der Waals surface area (Å²) in [6, 6.07) is 0. The molecule has 0 radical (unpaired) electrons. The van der Waals surface area contributed by atoms with Crippen LogP contribution in [0.2, 0.25) is 0 Å². The summed E-state index contributed by atoms with van der Waals surface area (Å²) in [6.45, 7) is 7.70. The van der Waals surface area contributed by atoms with Crippen molar-refractivity contribution in [2.45, 2.75) is 45.3 Å². The van der Waals surface area contributed by atoms with E-state index in [1.165, 1.54) is 18.6 Å². The smallest absolute Gasteiger partial charge is 0.00308 e. The van der Waals surface area contributed by atoms with Gasteiger partial charge in [-0.15, -0.1) is 0 Å². The quantitative estimate of drug-likeness (QED) is 0.666. The van der Waals surface area contributed by atoms with Crippen LogP contribution in [-0.2, 0) is 0 Å². The predicted molar refractivity (Wildman–Crippen MR) is 59.7 cm³/mol. The molecule has 0 aromatic rings. The van der Waals surface area contributed by atoms with Crippen molar-refractivity contribution < 1.29 is 0 Å². The van der Waals surface area contributed by atoms with Crippen LogP contribution in [0.5, 0.6) is 0 Å². The van der Waals surface area contributed by atoms with Crippen molar-refractivity contribution in [3.05, 3.63) is 0 Å². The van der Waals surface area contributed by atoms with E-state index in [1.807, 2.05) is 0 Å². The van der Waals surface area contributed by atoms with Gasteiger partial charge in [-0.1, -0.05) is 33.6 Å². The zero-order chi connectivity index (χ0) is 9.40. The molecule has 0 saturated heterocycles. The predicted octanol–water partition coefficient (Wildman–Crippen LogP) is 2.89. The molecule has 0 aliphatic carbocycles. The lowest BCUT2D eigenvalue weighted by atomic mass is 10.1. The van der Waals surface area contributed by atoms with E-state index in [-0.39, 0.29) is 0 Å². The molecular formula is C10H23NS. The fourth-order valence-corrected chi connectivity index (χ4v) is 2.35. The molecule has 0 saturated carbocycles. The molecule has 0 fully saturated rings. The molecule has 0 heterocycles. The van der Waals surface area contributed by atoms with Crippen LogP contribution in [-0.4, -0.2) is 17.5 Å². The lowest BCUT2D eigenvalue weighted by Gasteiger charge is -2.13. The number of hydrogen-bond acceptors (Lipinski definition) is 2. The molecule has 2 N–H and O–H groups in total. The van der Waals surface area contributed by atoms with Gasteiger partial charge in [0.2, 0.25) is 0 Å². The lowest BCUT2D eigenvalue weighted by Crippen LogP contribution is -2.09. The minimum absolute atomic E-state index is 0.745. The lowest BCUT2D eigenvalue weighted by molar-refractivity contribution is 0.584. The minimum atomic E-state index is 0.745. The summed E-state index contributed by atoms with van der Waals surface area (Å²) in [4.78, 5) is 0. The summed E-state index contributed by atoms with van der Waals surface area (Å²) in [6.07, 6.45) is 3.83. The fourth-order valence-electron chi connectivity index (χ4n) is 1.22. The van der Waals surface area contributed by atoms with E-state index in [9.17, 15) is 0 Å². The first-order chi connectivity index (χ1) is 5.70. The van der Waals surface area contributed by atoms with E-state index in [2.05, 4.69) is 32.5 Å². The van der Waals surface area contributed by atoms with Gasteiger partial charge in [0.1, 0.15) is 0 Å². The molecule has 0 rings (SSSR count). The highest BCUT2D eigenvalue weighted by molar-refractivity contribution is 7.99. The zero-order valence-corrected chi connectivity index (χ0v) is 9.49. The Kier molecular flexibility index (Phi) is 8.14. The molecule has 2 heteroatoms. The Morgan fingerprint density at radius 3 is 2.42 bits per heavy atom. The molecule has 0 bridgehead atoms. The summed E-state index contributed by atoms with van der Waals surface area (Å²) < 4.78 is 0. The zero-order valence-electron chi connectivity index (χ0n) is 8.68. The molecule has 12 heavy (non-hydrogen) atoms. The maximum atomic E-state index is 5.48. The molecular weight excluding hydrogens is 166 g/mol. The SMILES string of the molecule is CCCC(C)CSC(C)CCN. The van der Waals surface area contributed by atoms with Crippen LogP contribution < -0.4 is 5.73 Å². The third-order valence-electron chi connectivity index (χ3n) is 2.02. The summed E-state index contributed by atoms with van der Waals surface area (Å²) >= 11 is 2.07. The summed E-state index contributed by atoms with van der Waals surface area (Å²) in [5.74, 6) is 2.18. The van der Waals surface area contributed by atoms with Crippen LogP contribution in [0.25, 0.3) is 0 Å². The second kappa shape index (κ2) is 7.93. The van der Waals surface area contributed by atoms with Gasteiger partial charge in [0.25, 0.3) is 0 Å². The minimum Gasteiger partial charge on any atom is -0.330 e. The van der Waals surface area contributed by atoms with Crippen LogP contribution in [0.15, 0.2) is 0 Å². The molecule has 0 aromatic heterocycles. The van der Waals surface area contributed by atoms with Crippen molar-refractivity contribution in [1.29, 1.82) is 0 Å². The monoisotopic (exact) mass is 189 g/mol. The van der Waals surface area contributed by atoms with Crippen LogP contribution in [0.1, 0.15) is 40.0 Å². The first-order valence-electron chi connectivity index (χ1n) is 5.02. The van der Waals surface area contributed by atoms with E-state index < -0.39 is 0 Å². The van der Waals surface area contributed by atoms with Gasteiger partial charge >= 0.3 is 0 Å². The number of thioether (sulfide) groups is 1. The molecule has 0 aliphatic heterocycles. The maximum Gasteiger partial charge on any atom is 0.00308 e. The van der Waals surface area contributed by atoms with Gasteiger partial charge < -0.3 is 5.73 Å².